The van der Waals surface area contributed by atoms with E-state index in [1.165, 1.54) is 10.4 Å². The molecule has 0 saturated carbocycles. The molecule has 0 spiro atoms. The molecule has 1 amide bonds. The van der Waals surface area contributed by atoms with Crippen LogP contribution in [0.4, 0.5) is 0 Å². The van der Waals surface area contributed by atoms with E-state index in [0.29, 0.717) is 0 Å². The first-order chi connectivity index (χ1) is 6.81. The van der Waals surface area contributed by atoms with Crippen LogP contribution in [-0.2, 0) is 11.2 Å². The maximum absolute atomic E-state index is 11.2. The number of rotatable bonds is 2. The molecule has 0 saturated heterocycles. The van der Waals surface area contributed by atoms with Crippen LogP contribution in [0.15, 0.2) is 11.4 Å². The average Bonchev–Trinajstić information content (AvgIpc) is 2.66. The summed E-state index contributed by atoms with van der Waals surface area (Å²) >= 11 is 1.78. The quantitative estimate of drug-likeness (QED) is 0.833. The fourth-order valence-corrected chi connectivity index (χ4v) is 2.88. The molecule has 3 nitrogen and oxygen atoms in total. The Morgan fingerprint density at radius 1 is 1.67 bits per heavy atom. The number of aryl methyl sites for hydroxylation is 1. The van der Waals surface area contributed by atoms with Gasteiger partial charge in [-0.3, -0.25) is 4.79 Å². The lowest BCUT2D eigenvalue weighted by molar-refractivity contribution is -0.120. The van der Waals surface area contributed by atoms with E-state index in [1.807, 2.05) is 0 Å². The number of nitrogens with one attached hydrogen (secondary N) is 1. The zero-order valence-electron chi connectivity index (χ0n) is 8.36. The summed E-state index contributed by atoms with van der Waals surface area (Å²) in [4.78, 5) is 12.6. The molecule has 0 radical (unpaired) electrons. The molecule has 1 aliphatic rings. The molecule has 1 heterocycles. The fraction of sp³-hybridized carbons (Fsp3) is 0.500. The second-order valence-corrected chi connectivity index (χ2v) is 4.52. The normalized spacial score (nSPS) is 18.9. The summed E-state index contributed by atoms with van der Waals surface area (Å²) in [6.45, 7) is 0.0793. The van der Waals surface area contributed by atoms with Crippen molar-refractivity contribution in [3.63, 3.8) is 0 Å². The van der Waals surface area contributed by atoms with Gasteiger partial charge in [-0.25, -0.2) is 0 Å². The third-order valence-electron chi connectivity index (χ3n) is 2.57. The Morgan fingerprint density at radius 2 is 2.47 bits per heavy atom. The number of thiophene rings is 1. The monoisotopic (exact) mass is 246 g/mol. The van der Waals surface area contributed by atoms with Crippen molar-refractivity contribution < 1.29 is 4.79 Å². The molecule has 1 aromatic heterocycles. The van der Waals surface area contributed by atoms with Crippen LogP contribution in [0, 0.1) is 0 Å². The van der Waals surface area contributed by atoms with Gasteiger partial charge in [0.15, 0.2) is 0 Å². The van der Waals surface area contributed by atoms with Crippen LogP contribution in [0.3, 0.4) is 0 Å². The van der Waals surface area contributed by atoms with E-state index >= 15 is 0 Å². The zero-order chi connectivity index (χ0) is 9.97. The molecule has 5 heteroatoms. The molecule has 0 fully saturated rings. The van der Waals surface area contributed by atoms with Gasteiger partial charge in [0.05, 0.1) is 12.6 Å². The van der Waals surface area contributed by atoms with E-state index in [-0.39, 0.29) is 30.9 Å². The molecule has 1 aliphatic carbocycles. The average molecular weight is 247 g/mol. The minimum Gasteiger partial charge on any atom is -0.348 e. The first-order valence-electron chi connectivity index (χ1n) is 4.87. The van der Waals surface area contributed by atoms with E-state index in [4.69, 9.17) is 5.73 Å². The largest absolute Gasteiger partial charge is 0.348 e. The molecule has 1 atom stereocenters. The Balaban J connectivity index is 0.00000112. The van der Waals surface area contributed by atoms with E-state index in [0.717, 1.165) is 19.3 Å². The summed E-state index contributed by atoms with van der Waals surface area (Å²) in [5.74, 6) is -0.0611. The van der Waals surface area contributed by atoms with Crippen LogP contribution in [0.25, 0.3) is 0 Å². The van der Waals surface area contributed by atoms with Crippen molar-refractivity contribution in [2.75, 3.05) is 6.54 Å². The molecular formula is C10H15ClN2OS. The van der Waals surface area contributed by atoms with Crippen LogP contribution >= 0.6 is 23.7 Å². The summed E-state index contributed by atoms with van der Waals surface area (Å²) in [6.07, 6.45) is 3.35. The highest BCUT2D eigenvalue weighted by Crippen LogP contribution is 2.32. The van der Waals surface area contributed by atoms with Crippen molar-refractivity contribution in [2.45, 2.75) is 25.3 Å². The number of halogens is 1. The molecule has 0 bridgehead atoms. The van der Waals surface area contributed by atoms with Gasteiger partial charge in [0.25, 0.3) is 0 Å². The standard InChI is InChI=1S/C10H14N2OS.ClH/c11-6-10(13)12-8-2-1-3-9-7(8)4-5-14-9;/h4-5,8H,1-3,6,11H2,(H,12,13);1H. The summed E-state index contributed by atoms with van der Waals surface area (Å²) in [7, 11) is 0. The highest BCUT2D eigenvalue weighted by Gasteiger charge is 2.21. The topological polar surface area (TPSA) is 55.1 Å². The van der Waals surface area contributed by atoms with E-state index in [1.54, 1.807) is 11.3 Å². The van der Waals surface area contributed by atoms with Crippen molar-refractivity contribution in [1.82, 2.24) is 5.32 Å². The molecule has 3 N–H and O–H groups in total. The van der Waals surface area contributed by atoms with E-state index < -0.39 is 0 Å². The summed E-state index contributed by atoms with van der Waals surface area (Å²) in [5, 5.41) is 5.05. The maximum atomic E-state index is 11.2. The number of hydrogen-bond acceptors (Lipinski definition) is 3. The third kappa shape index (κ3) is 2.71. The van der Waals surface area contributed by atoms with E-state index in [2.05, 4.69) is 16.8 Å². The predicted octanol–water partition coefficient (Wildman–Crippen LogP) is 1.62. The summed E-state index contributed by atoms with van der Waals surface area (Å²) in [5.41, 5.74) is 6.57. The molecule has 1 unspecified atom stereocenters. The lowest BCUT2D eigenvalue weighted by Crippen LogP contribution is -2.34. The second kappa shape index (κ2) is 5.49. The molecule has 15 heavy (non-hydrogen) atoms. The fourth-order valence-electron chi connectivity index (χ4n) is 1.89. The van der Waals surface area contributed by atoms with E-state index in [9.17, 15) is 4.79 Å². The summed E-state index contributed by atoms with van der Waals surface area (Å²) < 4.78 is 0. The van der Waals surface area contributed by atoms with Crippen molar-refractivity contribution in [1.29, 1.82) is 0 Å². The van der Waals surface area contributed by atoms with Crippen LogP contribution in [0.5, 0.6) is 0 Å². The predicted molar refractivity (Wildman–Crippen MR) is 64.4 cm³/mol. The Bertz CT molecular complexity index is 340. The highest BCUT2D eigenvalue weighted by molar-refractivity contribution is 7.10. The van der Waals surface area contributed by atoms with Gasteiger partial charge in [-0.1, -0.05) is 0 Å². The van der Waals surface area contributed by atoms with Crippen LogP contribution in [0.2, 0.25) is 0 Å². The van der Waals surface area contributed by atoms with Crippen molar-refractivity contribution in [3.8, 4) is 0 Å². The van der Waals surface area contributed by atoms with Crippen molar-refractivity contribution in [2.24, 2.45) is 5.73 Å². The molecule has 0 aliphatic heterocycles. The molecular weight excluding hydrogens is 232 g/mol. The maximum Gasteiger partial charge on any atom is 0.234 e. The molecule has 2 rings (SSSR count). The summed E-state index contributed by atoms with van der Waals surface area (Å²) in [6, 6.07) is 2.31. The number of fused-ring (bicyclic) bond motifs is 1. The number of hydrogen-bond donors (Lipinski definition) is 2. The highest BCUT2D eigenvalue weighted by atomic mass is 35.5. The lowest BCUT2D eigenvalue weighted by Gasteiger charge is -2.23. The Labute approximate surface area is 99.5 Å². The number of nitrogens with two attached hydrogens (primary N) is 1. The Morgan fingerprint density at radius 3 is 3.20 bits per heavy atom. The SMILES string of the molecule is Cl.NCC(=O)NC1CCCc2sccc21. The Hall–Kier alpha value is -0.580. The zero-order valence-corrected chi connectivity index (χ0v) is 10.00. The molecule has 0 aromatic carbocycles. The minimum absolute atomic E-state index is 0. The number of carbonyl (C=O) groups is 1. The van der Waals surface area contributed by atoms with Gasteiger partial charge in [-0.15, -0.1) is 23.7 Å². The second-order valence-electron chi connectivity index (χ2n) is 3.52. The van der Waals surface area contributed by atoms with Gasteiger partial charge in [0.1, 0.15) is 0 Å². The van der Waals surface area contributed by atoms with Gasteiger partial charge in [-0.2, -0.15) is 0 Å². The Kier molecular flexibility index (Phi) is 4.57. The first-order valence-corrected chi connectivity index (χ1v) is 5.75. The van der Waals surface area contributed by atoms with Gasteiger partial charge in [-0.05, 0) is 36.3 Å². The van der Waals surface area contributed by atoms with Gasteiger partial charge in [0.2, 0.25) is 5.91 Å². The minimum atomic E-state index is -0.0611. The lowest BCUT2D eigenvalue weighted by atomic mass is 9.94. The number of amides is 1. The van der Waals surface area contributed by atoms with Gasteiger partial charge < -0.3 is 11.1 Å². The van der Waals surface area contributed by atoms with Crippen LogP contribution in [0.1, 0.15) is 29.3 Å². The van der Waals surface area contributed by atoms with Crippen molar-refractivity contribution >= 4 is 29.7 Å². The smallest absolute Gasteiger partial charge is 0.234 e. The third-order valence-corrected chi connectivity index (χ3v) is 3.57. The molecule has 1 aromatic rings. The van der Waals surface area contributed by atoms with Crippen LogP contribution in [-0.4, -0.2) is 12.5 Å². The number of carbonyl (C=O) groups excluding carboxylic acids is 1. The van der Waals surface area contributed by atoms with Crippen LogP contribution < -0.4 is 11.1 Å². The van der Waals surface area contributed by atoms with Gasteiger partial charge >= 0.3 is 0 Å². The molecule has 84 valence electrons. The van der Waals surface area contributed by atoms with Crippen molar-refractivity contribution in [3.05, 3.63) is 21.9 Å². The van der Waals surface area contributed by atoms with Gasteiger partial charge in [0, 0.05) is 4.88 Å². The first kappa shape index (κ1) is 12.5.